The van der Waals surface area contributed by atoms with Crippen molar-refractivity contribution in [1.82, 2.24) is 10.3 Å². The van der Waals surface area contributed by atoms with Crippen LogP contribution in [0.2, 0.25) is 0 Å². The van der Waals surface area contributed by atoms with Crippen LogP contribution in [0.1, 0.15) is 17.0 Å². The smallest absolute Gasteiger partial charge is 0.147 e. The third-order valence-electron chi connectivity index (χ3n) is 3.34. The van der Waals surface area contributed by atoms with Crippen molar-refractivity contribution in [3.8, 4) is 0 Å². The highest BCUT2D eigenvalue weighted by Crippen LogP contribution is 2.14. The number of benzene rings is 1. The minimum atomic E-state index is -0.134. The van der Waals surface area contributed by atoms with E-state index in [0.717, 1.165) is 18.5 Å². The third kappa shape index (κ3) is 4.57. The zero-order valence-corrected chi connectivity index (χ0v) is 11.8. The Bertz CT molecular complexity index is 557. The quantitative estimate of drug-likeness (QED) is 0.238. The lowest BCUT2D eigenvalue weighted by Crippen LogP contribution is -2.32. The first-order chi connectivity index (χ1) is 10.3. The minimum Gasteiger partial charge on any atom is -0.409 e. The summed E-state index contributed by atoms with van der Waals surface area (Å²) in [6.45, 7) is 1.44. The number of aromatic nitrogens is 1. The lowest BCUT2D eigenvalue weighted by molar-refractivity contribution is 0.315. The molecule has 1 aromatic carbocycles. The van der Waals surface area contributed by atoms with Crippen molar-refractivity contribution in [2.45, 2.75) is 12.3 Å². The average Bonchev–Trinajstić information content (AvgIpc) is 2.56. The summed E-state index contributed by atoms with van der Waals surface area (Å²) in [4.78, 5) is 4.09. The second kappa shape index (κ2) is 8.01. The van der Waals surface area contributed by atoms with Crippen molar-refractivity contribution < 1.29 is 5.21 Å². The van der Waals surface area contributed by atoms with E-state index in [4.69, 9.17) is 10.9 Å². The van der Waals surface area contributed by atoms with Crippen LogP contribution in [-0.4, -0.2) is 29.1 Å². The molecule has 0 aliphatic rings. The highest BCUT2D eigenvalue weighted by atomic mass is 16.4. The summed E-state index contributed by atoms with van der Waals surface area (Å²) >= 11 is 0. The maximum absolute atomic E-state index is 8.93. The molecule has 4 N–H and O–H groups in total. The highest BCUT2D eigenvalue weighted by Gasteiger charge is 2.15. The molecule has 0 bridgehead atoms. The molecule has 0 aliphatic heterocycles. The van der Waals surface area contributed by atoms with Crippen molar-refractivity contribution in [2.24, 2.45) is 10.9 Å². The van der Waals surface area contributed by atoms with Gasteiger partial charge in [0.15, 0.2) is 0 Å². The molecule has 0 saturated heterocycles. The normalized spacial score (nSPS) is 13.0. The Balaban J connectivity index is 1.88. The number of rotatable bonds is 7. The van der Waals surface area contributed by atoms with Crippen LogP contribution in [0.5, 0.6) is 0 Å². The van der Waals surface area contributed by atoms with Crippen molar-refractivity contribution in [3.63, 3.8) is 0 Å². The SMILES string of the molecule is NC(=NO)C(CNCCc1cccnc1)c1ccccc1. The van der Waals surface area contributed by atoms with E-state index in [1.54, 1.807) is 6.20 Å². The van der Waals surface area contributed by atoms with Crippen molar-refractivity contribution in [2.75, 3.05) is 13.1 Å². The summed E-state index contributed by atoms with van der Waals surface area (Å²) in [6.07, 6.45) is 4.52. The van der Waals surface area contributed by atoms with Gasteiger partial charge >= 0.3 is 0 Å². The van der Waals surface area contributed by atoms with Crippen LogP contribution in [-0.2, 0) is 6.42 Å². The summed E-state index contributed by atoms with van der Waals surface area (Å²) in [6, 6.07) is 13.8. The van der Waals surface area contributed by atoms with Crippen LogP contribution in [0, 0.1) is 0 Å². The van der Waals surface area contributed by atoms with Crippen LogP contribution in [0.4, 0.5) is 0 Å². The topological polar surface area (TPSA) is 83.5 Å². The molecule has 2 aromatic rings. The summed E-state index contributed by atoms with van der Waals surface area (Å²) in [5.41, 5.74) is 8.01. The first kappa shape index (κ1) is 15.0. The van der Waals surface area contributed by atoms with Gasteiger partial charge in [-0.05, 0) is 30.2 Å². The fourth-order valence-electron chi connectivity index (χ4n) is 2.17. The molecule has 5 heteroatoms. The molecule has 5 nitrogen and oxygen atoms in total. The van der Waals surface area contributed by atoms with Gasteiger partial charge in [-0.25, -0.2) is 0 Å². The van der Waals surface area contributed by atoms with Crippen molar-refractivity contribution >= 4 is 5.84 Å². The van der Waals surface area contributed by atoms with Crippen molar-refractivity contribution in [1.29, 1.82) is 0 Å². The fourth-order valence-corrected chi connectivity index (χ4v) is 2.17. The number of oxime groups is 1. The molecule has 2 rings (SSSR count). The number of hydrogen-bond donors (Lipinski definition) is 3. The van der Waals surface area contributed by atoms with E-state index in [1.165, 1.54) is 5.56 Å². The molecule has 0 spiro atoms. The highest BCUT2D eigenvalue weighted by molar-refractivity contribution is 5.87. The van der Waals surface area contributed by atoms with Crippen LogP contribution in [0.25, 0.3) is 0 Å². The predicted octanol–water partition coefficient (Wildman–Crippen LogP) is 1.74. The first-order valence-electron chi connectivity index (χ1n) is 6.93. The number of hydrogen-bond acceptors (Lipinski definition) is 4. The molecule has 21 heavy (non-hydrogen) atoms. The Morgan fingerprint density at radius 1 is 1.24 bits per heavy atom. The fraction of sp³-hybridized carbons (Fsp3) is 0.250. The van der Waals surface area contributed by atoms with Gasteiger partial charge in [-0.2, -0.15) is 0 Å². The number of amidine groups is 1. The monoisotopic (exact) mass is 284 g/mol. The lowest BCUT2D eigenvalue weighted by Gasteiger charge is -2.16. The molecule has 0 saturated carbocycles. The average molecular weight is 284 g/mol. The van der Waals surface area contributed by atoms with Crippen LogP contribution < -0.4 is 11.1 Å². The van der Waals surface area contributed by atoms with Gasteiger partial charge < -0.3 is 16.3 Å². The van der Waals surface area contributed by atoms with E-state index < -0.39 is 0 Å². The predicted molar refractivity (Wildman–Crippen MR) is 83.4 cm³/mol. The molecular weight excluding hydrogens is 264 g/mol. The van der Waals surface area contributed by atoms with Crippen LogP contribution in [0.3, 0.4) is 0 Å². The van der Waals surface area contributed by atoms with Gasteiger partial charge in [0.1, 0.15) is 5.84 Å². The van der Waals surface area contributed by atoms with Gasteiger partial charge in [-0.3, -0.25) is 4.98 Å². The lowest BCUT2D eigenvalue weighted by atomic mass is 9.98. The maximum atomic E-state index is 8.93. The molecule has 1 unspecified atom stereocenters. The second-order valence-corrected chi connectivity index (χ2v) is 4.80. The zero-order chi connectivity index (χ0) is 14.9. The van der Waals surface area contributed by atoms with Gasteiger partial charge in [0, 0.05) is 18.9 Å². The van der Waals surface area contributed by atoms with Gasteiger partial charge in [0.05, 0.1) is 5.92 Å². The van der Waals surface area contributed by atoms with E-state index >= 15 is 0 Å². The largest absolute Gasteiger partial charge is 0.409 e. The van der Waals surface area contributed by atoms with Gasteiger partial charge in [0.25, 0.3) is 0 Å². The zero-order valence-electron chi connectivity index (χ0n) is 11.8. The van der Waals surface area contributed by atoms with E-state index in [1.807, 2.05) is 48.7 Å². The second-order valence-electron chi connectivity index (χ2n) is 4.80. The molecule has 0 radical (unpaired) electrons. The van der Waals surface area contributed by atoms with E-state index in [0.29, 0.717) is 6.54 Å². The molecule has 0 aliphatic carbocycles. The Labute approximate surface area is 124 Å². The van der Waals surface area contributed by atoms with Gasteiger partial charge in [-0.1, -0.05) is 41.6 Å². The van der Waals surface area contributed by atoms with Crippen LogP contribution in [0.15, 0.2) is 60.0 Å². The molecule has 110 valence electrons. The number of pyridine rings is 1. The number of nitrogens with zero attached hydrogens (tertiary/aromatic N) is 2. The molecule has 1 heterocycles. The van der Waals surface area contributed by atoms with E-state index in [2.05, 4.69) is 15.5 Å². The minimum absolute atomic E-state index is 0.134. The summed E-state index contributed by atoms with van der Waals surface area (Å²) < 4.78 is 0. The molecule has 0 amide bonds. The Morgan fingerprint density at radius 2 is 2.05 bits per heavy atom. The maximum Gasteiger partial charge on any atom is 0.147 e. The summed E-state index contributed by atoms with van der Waals surface area (Å²) in [5, 5.41) is 15.4. The van der Waals surface area contributed by atoms with Gasteiger partial charge in [0.2, 0.25) is 0 Å². The summed E-state index contributed by atoms with van der Waals surface area (Å²) in [5.74, 6) is 0.0835. The van der Waals surface area contributed by atoms with E-state index in [9.17, 15) is 0 Å². The Kier molecular flexibility index (Phi) is 5.72. The standard InChI is InChI=1S/C16H20N4O/c17-16(20-21)15(14-6-2-1-3-7-14)12-19-10-8-13-5-4-9-18-11-13/h1-7,9,11,15,19,21H,8,10,12H2,(H2,17,20). The van der Waals surface area contributed by atoms with Gasteiger partial charge in [-0.15, -0.1) is 0 Å². The molecular formula is C16H20N4O. The van der Waals surface area contributed by atoms with E-state index in [-0.39, 0.29) is 11.8 Å². The first-order valence-corrected chi connectivity index (χ1v) is 6.93. The third-order valence-corrected chi connectivity index (χ3v) is 3.34. The van der Waals surface area contributed by atoms with Crippen molar-refractivity contribution in [3.05, 3.63) is 66.0 Å². The molecule has 0 fully saturated rings. The Morgan fingerprint density at radius 3 is 2.71 bits per heavy atom. The Hall–Kier alpha value is -2.40. The number of nitrogens with two attached hydrogens (primary N) is 1. The summed E-state index contributed by atoms with van der Waals surface area (Å²) in [7, 11) is 0. The number of nitrogens with one attached hydrogen (secondary N) is 1. The molecule has 1 atom stereocenters. The van der Waals surface area contributed by atoms with Crippen LogP contribution >= 0.6 is 0 Å². The molecule has 1 aromatic heterocycles.